The number of nitrogens with zero attached hydrogens (tertiary/aromatic N) is 3. The summed E-state index contributed by atoms with van der Waals surface area (Å²) in [4.78, 5) is 16.1. The molecule has 2 heterocycles. The minimum Gasteiger partial charge on any atom is -0.282 e. The van der Waals surface area contributed by atoms with Gasteiger partial charge in [-0.25, -0.2) is 4.98 Å². The fourth-order valence-electron chi connectivity index (χ4n) is 2.02. The van der Waals surface area contributed by atoms with Crippen LogP contribution in [0.2, 0.25) is 0 Å². The van der Waals surface area contributed by atoms with E-state index in [9.17, 15) is 4.79 Å². The number of imidazole rings is 1. The Morgan fingerprint density at radius 2 is 2.00 bits per heavy atom. The van der Waals surface area contributed by atoms with Gasteiger partial charge < -0.3 is 0 Å². The second kappa shape index (κ2) is 2.95. The van der Waals surface area contributed by atoms with Crippen molar-refractivity contribution in [3.63, 3.8) is 0 Å². The molecule has 4 nitrogen and oxygen atoms in total. The molecular formula is C12H11N3O. The Bertz CT molecular complexity index is 752. The summed E-state index contributed by atoms with van der Waals surface area (Å²) in [6.07, 6.45) is 0. The van der Waals surface area contributed by atoms with E-state index in [0.29, 0.717) is 5.78 Å². The second-order valence-corrected chi connectivity index (χ2v) is 3.92. The third kappa shape index (κ3) is 1.04. The fourth-order valence-corrected chi connectivity index (χ4v) is 2.02. The molecule has 0 N–H and O–H groups in total. The highest BCUT2D eigenvalue weighted by Gasteiger charge is 2.09. The molecule has 0 amide bonds. The van der Waals surface area contributed by atoms with Gasteiger partial charge in [0.25, 0.3) is 5.56 Å². The van der Waals surface area contributed by atoms with Gasteiger partial charge in [0.05, 0.1) is 11.0 Å². The molecule has 0 aliphatic heterocycles. The van der Waals surface area contributed by atoms with Crippen LogP contribution in [0, 0.1) is 6.92 Å². The van der Waals surface area contributed by atoms with E-state index in [2.05, 4.69) is 4.98 Å². The van der Waals surface area contributed by atoms with Crippen LogP contribution in [-0.4, -0.2) is 14.0 Å². The van der Waals surface area contributed by atoms with Crippen LogP contribution >= 0.6 is 0 Å². The van der Waals surface area contributed by atoms with Gasteiger partial charge in [0, 0.05) is 18.8 Å². The lowest BCUT2D eigenvalue weighted by Gasteiger charge is -2.04. The molecule has 0 spiro atoms. The molecule has 3 aromatic rings. The average Bonchev–Trinajstić information content (AvgIpc) is 2.65. The largest absolute Gasteiger partial charge is 0.282 e. The van der Waals surface area contributed by atoms with Gasteiger partial charge in [0.2, 0.25) is 5.78 Å². The lowest BCUT2D eigenvalue weighted by Crippen LogP contribution is -2.19. The zero-order valence-corrected chi connectivity index (χ0v) is 9.14. The van der Waals surface area contributed by atoms with Crippen molar-refractivity contribution >= 4 is 16.8 Å². The van der Waals surface area contributed by atoms with Crippen molar-refractivity contribution in [2.24, 2.45) is 7.05 Å². The Balaban J connectivity index is 2.70. The van der Waals surface area contributed by atoms with Crippen LogP contribution in [0.5, 0.6) is 0 Å². The van der Waals surface area contributed by atoms with E-state index in [-0.39, 0.29) is 5.56 Å². The van der Waals surface area contributed by atoms with E-state index in [1.165, 1.54) is 0 Å². The molecule has 80 valence electrons. The molecule has 0 radical (unpaired) electrons. The van der Waals surface area contributed by atoms with Crippen LogP contribution in [0.25, 0.3) is 16.8 Å². The number of hydrogen-bond donors (Lipinski definition) is 0. The summed E-state index contributed by atoms with van der Waals surface area (Å²) in [6.45, 7) is 1.92. The maximum atomic E-state index is 11.6. The molecule has 0 aliphatic carbocycles. The number of para-hydroxylation sites is 2. The number of benzene rings is 1. The molecule has 0 bridgehead atoms. The number of hydrogen-bond acceptors (Lipinski definition) is 2. The van der Waals surface area contributed by atoms with Gasteiger partial charge in [-0.05, 0) is 19.1 Å². The Labute approximate surface area is 91.8 Å². The first kappa shape index (κ1) is 9.15. The highest BCUT2D eigenvalue weighted by molar-refractivity contribution is 5.79. The van der Waals surface area contributed by atoms with E-state index in [1.807, 2.05) is 35.6 Å². The predicted molar refractivity (Wildman–Crippen MR) is 62.7 cm³/mol. The average molecular weight is 213 g/mol. The van der Waals surface area contributed by atoms with Crippen molar-refractivity contribution in [3.8, 4) is 0 Å². The molecule has 0 unspecified atom stereocenters. The van der Waals surface area contributed by atoms with Gasteiger partial charge in [0.1, 0.15) is 0 Å². The van der Waals surface area contributed by atoms with Crippen LogP contribution in [0.1, 0.15) is 5.69 Å². The van der Waals surface area contributed by atoms with E-state index >= 15 is 0 Å². The van der Waals surface area contributed by atoms with Crippen molar-refractivity contribution in [2.45, 2.75) is 6.92 Å². The maximum absolute atomic E-state index is 11.6. The van der Waals surface area contributed by atoms with Crippen molar-refractivity contribution in [3.05, 3.63) is 46.4 Å². The predicted octanol–water partition coefficient (Wildman–Crippen LogP) is 1.49. The number of rotatable bonds is 0. The molecule has 2 aromatic heterocycles. The van der Waals surface area contributed by atoms with Crippen molar-refractivity contribution in [1.82, 2.24) is 14.0 Å². The van der Waals surface area contributed by atoms with E-state index in [0.717, 1.165) is 16.7 Å². The van der Waals surface area contributed by atoms with Crippen LogP contribution in [0.4, 0.5) is 0 Å². The molecule has 0 saturated carbocycles. The van der Waals surface area contributed by atoms with Crippen LogP contribution < -0.4 is 5.56 Å². The Morgan fingerprint density at radius 1 is 1.25 bits per heavy atom. The summed E-state index contributed by atoms with van der Waals surface area (Å²) in [7, 11) is 1.74. The van der Waals surface area contributed by atoms with Crippen LogP contribution in [0.15, 0.2) is 35.1 Å². The molecule has 0 atom stereocenters. The van der Waals surface area contributed by atoms with E-state index in [4.69, 9.17) is 0 Å². The molecule has 4 heteroatoms. The first-order valence-corrected chi connectivity index (χ1v) is 5.12. The van der Waals surface area contributed by atoms with Gasteiger partial charge in [-0.2, -0.15) is 0 Å². The van der Waals surface area contributed by atoms with Crippen LogP contribution in [-0.2, 0) is 7.05 Å². The quantitative estimate of drug-likeness (QED) is 0.567. The zero-order valence-electron chi connectivity index (χ0n) is 9.14. The minimum atomic E-state index is -0.0275. The van der Waals surface area contributed by atoms with Crippen molar-refractivity contribution in [2.75, 3.05) is 0 Å². The van der Waals surface area contributed by atoms with Gasteiger partial charge >= 0.3 is 0 Å². The summed E-state index contributed by atoms with van der Waals surface area (Å²) in [5.74, 6) is 0.686. The Kier molecular flexibility index (Phi) is 1.68. The van der Waals surface area contributed by atoms with Crippen molar-refractivity contribution in [1.29, 1.82) is 0 Å². The first-order chi connectivity index (χ1) is 7.68. The molecule has 16 heavy (non-hydrogen) atoms. The second-order valence-electron chi connectivity index (χ2n) is 3.92. The first-order valence-electron chi connectivity index (χ1n) is 5.12. The number of aryl methyl sites for hydroxylation is 2. The molecule has 0 fully saturated rings. The van der Waals surface area contributed by atoms with Gasteiger partial charge in [-0.3, -0.25) is 13.8 Å². The van der Waals surface area contributed by atoms with Crippen molar-refractivity contribution < 1.29 is 0 Å². The summed E-state index contributed by atoms with van der Waals surface area (Å²) < 4.78 is 3.56. The van der Waals surface area contributed by atoms with E-state index in [1.54, 1.807) is 17.7 Å². The maximum Gasteiger partial charge on any atom is 0.254 e. The van der Waals surface area contributed by atoms with Gasteiger partial charge in [-0.1, -0.05) is 12.1 Å². The van der Waals surface area contributed by atoms with E-state index < -0.39 is 0 Å². The standard InChI is InChI=1S/C12H11N3O/c1-8-7-11(16)14(2)12-13-9-5-3-4-6-10(9)15(8)12/h3-7H,1-2H3. The summed E-state index contributed by atoms with van der Waals surface area (Å²) in [5, 5.41) is 0. The third-order valence-electron chi connectivity index (χ3n) is 2.86. The summed E-state index contributed by atoms with van der Waals surface area (Å²) >= 11 is 0. The monoisotopic (exact) mass is 213 g/mol. The molecular weight excluding hydrogens is 202 g/mol. The molecule has 3 rings (SSSR count). The number of aromatic nitrogens is 3. The Morgan fingerprint density at radius 3 is 2.81 bits per heavy atom. The Hall–Kier alpha value is -2.10. The fraction of sp³-hybridized carbons (Fsp3) is 0.167. The zero-order chi connectivity index (χ0) is 11.3. The number of fused-ring (bicyclic) bond motifs is 3. The summed E-state index contributed by atoms with van der Waals surface area (Å²) in [5.41, 5.74) is 2.82. The topological polar surface area (TPSA) is 39.3 Å². The summed E-state index contributed by atoms with van der Waals surface area (Å²) in [6, 6.07) is 9.50. The molecule has 0 saturated heterocycles. The smallest absolute Gasteiger partial charge is 0.254 e. The lowest BCUT2D eigenvalue weighted by molar-refractivity contribution is 0.835. The third-order valence-corrected chi connectivity index (χ3v) is 2.86. The molecule has 0 aliphatic rings. The normalized spacial score (nSPS) is 11.4. The molecule has 1 aromatic carbocycles. The SMILES string of the molecule is Cc1cc(=O)n(C)c2nc3ccccc3n12. The van der Waals surface area contributed by atoms with Gasteiger partial charge in [-0.15, -0.1) is 0 Å². The highest BCUT2D eigenvalue weighted by atomic mass is 16.1. The van der Waals surface area contributed by atoms with Gasteiger partial charge in [0.15, 0.2) is 0 Å². The lowest BCUT2D eigenvalue weighted by atomic mass is 10.3. The van der Waals surface area contributed by atoms with Crippen LogP contribution in [0.3, 0.4) is 0 Å². The minimum absolute atomic E-state index is 0.0275. The highest BCUT2D eigenvalue weighted by Crippen LogP contribution is 2.16.